The molecule has 11 heavy (non-hydrogen) atoms. The van der Waals surface area contributed by atoms with Crippen molar-refractivity contribution >= 4 is 0 Å². The molecular formula is C10H11N. The van der Waals surface area contributed by atoms with Crippen molar-refractivity contribution in [1.29, 1.82) is 0 Å². The van der Waals surface area contributed by atoms with E-state index in [1.165, 1.54) is 5.56 Å². The lowest BCUT2D eigenvalue weighted by molar-refractivity contribution is 0.814. The molecule has 56 valence electrons. The largest absolute Gasteiger partial charge is 0.390 e. The van der Waals surface area contributed by atoms with Gasteiger partial charge in [-0.15, -0.1) is 0 Å². The Kier molecular flexibility index (Phi) is 1.64. The Balaban J connectivity index is 2.23. The highest BCUT2D eigenvalue weighted by atomic mass is 14.9. The number of hydrogen-bond acceptors (Lipinski definition) is 1. The Morgan fingerprint density at radius 2 is 2.00 bits per heavy atom. The van der Waals surface area contributed by atoms with Crippen LogP contribution >= 0.6 is 0 Å². The summed E-state index contributed by atoms with van der Waals surface area (Å²) in [5.74, 6) is 0.580. The van der Waals surface area contributed by atoms with E-state index < -0.39 is 0 Å². The third-order valence-electron chi connectivity index (χ3n) is 2.01. The number of nitrogens with one attached hydrogen (secondary N) is 1. The summed E-state index contributed by atoms with van der Waals surface area (Å²) in [6.45, 7) is 1.05. The van der Waals surface area contributed by atoms with Crippen LogP contribution in [-0.4, -0.2) is 6.54 Å². The number of rotatable bonds is 1. The molecule has 0 aromatic heterocycles. The molecule has 1 aromatic rings. The van der Waals surface area contributed by atoms with Crippen LogP contribution in [0.1, 0.15) is 11.5 Å². The molecule has 0 amide bonds. The predicted octanol–water partition coefficient (Wildman–Crippen LogP) is 1.89. The first kappa shape index (κ1) is 6.47. The molecular weight excluding hydrogens is 134 g/mol. The van der Waals surface area contributed by atoms with E-state index >= 15 is 0 Å². The molecule has 1 N–H and O–H groups in total. The molecule has 1 aliphatic rings. The van der Waals surface area contributed by atoms with E-state index in [0.717, 1.165) is 6.54 Å². The van der Waals surface area contributed by atoms with Gasteiger partial charge in [-0.3, -0.25) is 0 Å². The van der Waals surface area contributed by atoms with Crippen molar-refractivity contribution in [2.75, 3.05) is 6.54 Å². The van der Waals surface area contributed by atoms with Crippen LogP contribution in [0.3, 0.4) is 0 Å². The summed E-state index contributed by atoms with van der Waals surface area (Å²) in [6, 6.07) is 10.6. The number of benzene rings is 1. The van der Waals surface area contributed by atoms with Gasteiger partial charge >= 0.3 is 0 Å². The van der Waals surface area contributed by atoms with Crippen molar-refractivity contribution in [1.82, 2.24) is 5.32 Å². The van der Waals surface area contributed by atoms with Crippen LogP contribution < -0.4 is 5.32 Å². The zero-order valence-electron chi connectivity index (χ0n) is 6.33. The first-order valence-electron chi connectivity index (χ1n) is 3.92. The second-order valence-corrected chi connectivity index (χ2v) is 2.78. The van der Waals surface area contributed by atoms with Crippen LogP contribution in [-0.2, 0) is 0 Å². The third-order valence-corrected chi connectivity index (χ3v) is 2.01. The highest BCUT2D eigenvalue weighted by Crippen LogP contribution is 2.18. The van der Waals surface area contributed by atoms with Crippen molar-refractivity contribution in [3.05, 3.63) is 48.2 Å². The Hall–Kier alpha value is -1.24. The second-order valence-electron chi connectivity index (χ2n) is 2.78. The van der Waals surface area contributed by atoms with Gasteiger partial charge in [0.25, 0.3) is 0 Å². The van der Waals surface area contributed by atoms with Gasteiger partial charge in [0.1, 0.15) is 0 Å². The maximum atomic E-state index is 3.19. The lowest BCUT2D eigenvalue weighted by atomic mass is 10.0. The fourth-order valence-electron chi connectivity index (χ4n) is 1.38. The molecule has 1 heterocycles. The fourth-order valence-corrected chi connectivity index (χ4v) is 1.38. The molecule has 0 unspecified atom stereocenters. The van der Waals surface area contributed by atoms with Gasteiger partial charge in [0, 0.05) is 12.5 Å². The maximum absolute atomic E-state index is 3.19. The summed E-state index contributed by atoms with van der Waals surface area (Å²) in [5.41, 5.74) is 1.40. The predicted molar refractivity (Wildman–Crippen MR) is 46.3 cm³/mol. The SMILES string of the molecule is C1=C[C@@H](c2ccccc2)CN1. The minimum absolute atomic E-state index is 0.580. The monoisotopic (exact) mass is 145 g/mol. The molecule has 1 heteroatoms. The lowest BCUT2D eigenvalue weighted by Gasteiger charge is -2.05. The van der Waals surface area contributed by atoms with E-state index in [9.17, 15) is 0 Å². The minimum atomic E-state index is 0.580. The van der Waals surface area contributed by atoms with Crippen LogP contribution in [0.4, 0.5) is 0 Å². The quantitative estimate of drug-likeness (QED) is 0.636. The van der Waals surface area contributed by atoms with Gasteiger partial charge in [0.2, 0.25) is 0 Å². The van der Waals surface area contributed by atoms with Gasteiger partial charge in [0.05, 0.1) is 0 Å². The Morgan fingerprint density at radius 1 is 1.18 bits per heavy atom. The highest BCUT2D eigenvalue weighted by Gasteiger charge is 2.09. The van der Waals surface area contributed by atoms with Gasteiger partial charge in [-0.25, -0.2) is 0 Å². The third kappa shape index (κ3) is 1.27. The molecule has 1 aliphatic heterocycles. The van der Waals surface area contributed by atoms with E-state index in [4.69, 9.17) is 0 Å². The van der Waals surface area contributed by atoms with Gasteiger partial charge in [-0.05, 0) is 11.8 Å². The molecule has 0 fully saturated rings. The molecule has 0 saturated carbocycles. The van der Waals surface area contributed by atoms with E-state index in [1.54, 1.807) is 0 Å². The van der Waals surface area contributed by atoms with Crippen LogP contribution in [0, 0.1) is 0 Å². The Bertz CT molecular complexity index is 251. The maximum Gasteiger partial charge on any atom is 0.0245 e. The lowest BCUT2D eigenvalue weighted by Crippen LogP contribution is -2.06. The fraction of sp³-hybridized carbons (Fsp3) is 0.200. The standard InChI is InChI=1S/C10H11N/c1-2-4-9(5-3-1)10-6-7-11-8-10/h1-7,10-11H,8H2/t10-/m1/s1. The van der Waals surface area contributed by atoms with Crippen LogP contribution in [0.5, 0.6) is 0 Å². The zero-order valence-corrected chi connectivity index (χ0v) is 6.33. The van der Waals surface area contributed by atoms with Gasteiger partial charge in [0.15, 0.2) is 0 Å². The molecule has 0 radical (unpaired) electrons. The van der Waals surface area contributed by atoms with Crippen LogP contribution in [0.25, 0.3) is 0 Å². The van der Waals surface area contributed by atoms with Gasteiger partial charge < -0.3 is 5.32 Å². The second kappa shape index (κ2) is 2.79. The van der Waals surface area contributed by atoms with Crippen molar-refractivity contribution < 1.29 is 0 Å². The van der Waals surface area contributed by atoms with Gasteiger partial charge in [-0.1, -0.05) is 36.4 Å². The molecule has 2 rings (SSSR count). The summed E-state index contributed by atoms with van der Waals surface area (Å²) < 4.78 is 0. The minimum Gasteiger partial charge on any atom is -0.390 e. The molecule has 1 aromatic carbocycles. The first-order chi connectivity index (χ1) is 5.47. The average molecular weight is 145 g/mol. The molecule has 0 bridgehead atoms. The Morgan fingerprint density at radius 3 is 2.64 bits per heavy atom. The van der Waals surface area contributed by atoms with E-state index in [2.05, 4.69) is 41.7 Å². The molecule has 0 spiro atoms. The summed E-state index contributed by atoms with van der Waals surface area (Å²) >= 11 is 0. The van der Waals surface area contributed by atoms with Gasteiger partial charge in [-0.2, -0.15) is 0 Å². The molecule has 0 aliphatic carbocycles. The summed E-state index contributed by atoms with van der Waals surface area (Å²) in [4.78, 5) is 0. The van der Waals surface area contributed by atoms with Crippen LogP contribution in [0.15, 0.2) is 42.6 Å². The van der Waals surface area contributed by atoms with E-state index in [-0.39, 0.29) is 0 Å². The molecule has 1 atom stereocenters. The van der Waals surface area contributed by atoms with Crippen LogP contribution in [0.2, 0.25) is 0 Å². The molecule has 0 saturated heterocycles. The van der Waals surface area contributed by atoms with Crippen molar-refractivity contribution in [2.24, 2.45) is 0 Å². The van der Waals surface area contributed by atoms with Crippen molar-refractivity contribution in [2.45, 2.75) is 5.92 Å². The zero-order chi connectivity index (χ0) is 7.52. The topological polar surface area (TPSA) is 12.0 Å². The normalized spacial score (nSPS) is 21.6. The van der Waals surface area contributed by atoms with Crippen molar-refractivity contribution in [3.8, 4) is 0 Å². The summed E-state index contributed by atoms with van der Waals surface area (Å²) in [7, 11) is 0. The van der Waals surface area contributed by atoms with E-state index in [0.29, 0.717) is 5.92 Å². The number of hydrogen-bond donors (Lipinski definition) is 1. The first-order valence-corrected chi connectivity index (χ1v) is 3.92. The van der Waals surface area contributed by atoms with Crippen molar-refractivity contribution in [3.63, 3.8) is 0 Å². The Labute approximate surface area is 66.7 Å². The molecule has 1 nitrogen and oxygen atoms in total. The average Bonchev–Trinajstić information content (AvgIpc) is 2.58. The highest BCUT2D eigenvalue weighted by molar-refractivity contribution is 5.26. The van der Waals surface area contributed by atoms with E-state index in [1.807, 2.05) is 6.20 Å². The summed E-state index contributed by atoms with van der Waals surface area (Å²) in [5, 5.41) is 3.19. The summed E-state index contributed by atoms with van der Waals surface area (Å²) in [6.07, 6.45) is 4.23. The smallest absolute Gasteiger partial charge is 0.0245 e.